The van der Waals surface area contributed by atoms with Gasteiger partial charge >= 0.3 is 0 Å². The van der Waals surface area contributed by atoms with Crippen molar-refractivity contribution in [3.8, 4) is 11.5 Å². The molecule has 0 unspecified atom stereocenters. The van der Waals surface area contributed by atoms with Crippen LogP contribution >= 0.6 is 0 Å². The second kappa shape index (κ2) is 8.99. The van der Waals surface area contributed by atoms with Crippen LogP contribution in [-0.4, -0.2) is 46.5 Å². The van der Waals surface area contributed by atoms with E-state index in [4.69, 9.17) is 4.74 Å². The van der Waals surface area contributed by atoms with Gasteiger partial charge in [-0.2, -0.15) is 0 Å². The zero-order chi connectivity index (χ0) is 20.1. The number of ether oxygens (including phenoxy) is 1. The lowest BCUT2D eigenvalue weighted by Crippen LogP contribution is -2.36. The minimum absolute atomic E-state index is 0.00223. The minimum atomic E-state index is -0.476. The maximum Gasteiger partial charge on any atom is 0.257 e. The van der Waals surface area contributed by atoms with Crippen molar-refractivity contribution < 1.29 is 13.9 Å². The van der Waals surface area contributed by atoms with E-state index < -0.39 is 5.82 Å². The summed E-state index contributed by atoms with van der Waals surface area (Å²) in [6.07, 6.45) is 6.49. The third-order valence-corrected chi connectivity index (χ3v) is 4.93. The number of piperidine rings is 1. The lowest BCUT2D eigenvalue weighted by atomic mass is 10.1. The van der Waals surface area contributed by atoms with Crippen LogP contribution in [0.4, 0.5) is 10.2 Å². The molecule has 2 heterocycles. The van der Waals surface area contributed by atoms with E-state index in [1.165, 1.54) is 30.9 Å². The summed E-state index contributed by atoms with van der Waals surface area (Å²) in [5.41, 5.74) is 0.198. The van der Waals surface area contributed by atoms with Gasteiger partial charge < -0.3 is 14.5 Å². The number of anilines is 1. The number of benzene rings is 1. The molecule has 0 radical (unpaired) electrons. The molecule has 1 saturated heterocycles. The zero-order valence-electron chi connectivity index (χ0n) is 16.7. The molecule has 1 aliphatic rings. The van der Waals surface area contributed by atoms with Gasteiger partial charge in [0.2, 0.25) is 0 Å². The van der Waals surface area contributed by atoms with Crippen LogP contribution in [0.1, 0.15) is 50.4 Å². The highest BCUT2D eigenvalue weighted by molar-refractivity contribution is 5.97. The van der Waals surface area contributed by atoms with Gasteiger partial charge in [-0.05, 0) is 58.2 Å². The normalized spacial score (nSPS) is 14.2. The first-order valence-electron chi connectivity index (χ1n) is 9.84. The van der Waals surface area contributed by atoms with Crippen LogP contribution < -0.4 is 9.64 Å². The number of hydrogen-bond donors (Lipinski definition) is 0. The van der Waals surface area contributed by atoms with Crippen LogP contribution in [0.15, 0.2) is 30.7 Å². The number of aromatic nitrogens is 2. The highest BCUT2D eigenvalue weighted by Crippen LogP contribution is 2.33. The van der Waals surface area contributed by atoms with E-state index in [2.05, 4.69) is 14.9 Å². The molecule has 1 aliphatic heterocycles. The number of hydrogen-bond acceptors (Lipinski definition) is 5. The number of rotatable bonds is 6. The average Bonchev–Trinajstić information content (AvgIpc) is 2.70. The number of halogens is 1. The number of carbonyl (C=O) groups is 1. The Morgan fingerprint density at radius 3 is 2.68 bits per heavy atom. The topological polar surface area (TPSA) is 58.6 Å². The molecule has 0 spiro atoms. The molecule has 150 valence electrons. The molecule has 1 amide bonds. The summed E-state index contributed by atoms with van der Waals surface area (Å²) in [4.78, 5) is 25.3. The molecule has 6 nitrogen and oxygen atoms in total. The highest BCUT2D eigenvalue weighted by atomic mass is 19.1. The Kier molecular flexibility index (Phi) is 6.44. The summed E-state index contributed by atoms with van der Waals surface area (Å²) in [7, 11) is 0. The van der Waals surface area contributed by atoms with Crippen LogP contribution in [0, 0.1) is 5.82 Å². The van der Waals surface area contributed by atoms with E-state index in [1.54, 1.807) is 11.1 Å². The van der Waals surface area contributed by atoms with Crippen LogP contribution in [0.5, 0.6) is 11.5 Å². The second-order valence-electron chi connectivity index (χ2n) is 7.19. The maximum absolute atomic E-state index is 13.9. The second-order valence-corrected chi connectivity index (χ2v) is 7.19. The van der Waals surface area contributed by atoms with Crippen molar-refractivity contribution in [3.05, 3.63) is 42.1 Å². The summed E-state index contributed by atoms with van der Waals surface area (Å²) in [5, 5.41) is 0. The van der Waals surface area contributed by atoms with Crippen molar-refractivity contribution in [1.29, 1.82) is 0 Å². The predicted molar refractivity (Wildman–Crippen MR) is 106 cm³/mol. The predicted octanol–water partition coefficient (Wildman–Crippen LogP) is 4.27. The quantitative estimate of drug-likeness (QED) is 0.742. The molecule has 2 aromatic rings. The first-order chi connectivity index (χ1) is 13.5. The molecule has 0 N–H and O–H groups in total. The van der Waals surface area contributed by atoms with E-state index in [0.717, 1.165) is 25.9 Å². The number of amides is 1. The summed E-state index contributed by atoms with van der Waals surface area (Å²) in [6.45, 7) is 8.09. The molecular weight excluding hydrogens is 359 g/mol. The van der Waals surface area contributed by atoms with Gasteiger partial charge in [-0.1, -0.05) is 0 Å². The molecule has 3 rings (SSSR count). The molecule has 1 aromatic heterocycles. The van der Waals surface area contributed by atoms with Crippen molar-refractivity contribution >= 4 is 11.7 Å². The first kappa shape index (κ1) is 20.0. The number of carbonyl (C=O) groups excluding carboxylic acids is 1. The van der Waals surface area contributed by atoms with Gasteiger partial charge in [0.05, 0.1) is 11.8 Å². The number of nitrogens with zero attached hydrogens (tertiary/aromatic N) is 4. The summed E-state index contributed by atoms with van der Waals surface area (Å²) < 4.78 is 20.0. The zero-order valence-corrected chi connectivity index (χ0v) is 16.7. The molecule has 0 atom stereocenters. The summed E-state index contributed by atoms with van der Waals surface area (Å²) in [5.74, 6) is 0.740. The lowest BCUT2D eigenvalue weighted by Gasteiger charge is -2.29. The molecule has 28 heavy (non-hydrogen) atoms. The Balaban J connectivity index is 1.94. The van der Waals surface area contributed by atoms with E-state index >= 15 is 0 Å². The van der Waals surface area contributed by atoms with Crippen molar-refractivity contribution in [2.45, 2.75) is 46.1 Å². The van der Waals surface area contributed by atoms with Crippen molar-refractivity contribution in [2.24, 2.45) is 0 Å². The average molecular weight is 386 g/mol. The van der Waals surface area contributed by atoms with Gasteiger partial charge in [0.15, 0.2) is 11.6 Å². The van der Waals surface area contributed by atoms with Gasteiger partial charge in [-0.25, -0.2) is 14.4 Å². The molecule has 0 aliphatic carbocycles. The SMILES string of the molecule is CCN(C(=O)c1cc(F)ccc1Oc1cncnc1N1CCCCC1)C(C)C. The van der Waals surface area contributed by atoms with Crippen molar-refractivity contribution in [3.63, 3.8) is 0 Å². The van der Waals surface area contributed by atoms with Gasteiger partial charge in [0, 0.05) is 25.7 Å². The summed E-state index contributed by atoms with van der Waals surface area (Å²) >= 11 is 0. The van der Waals surface area contributed by atoms with E-state index in [-0.39, 0.29) is 17.5 Å². The molecule has 0 bridgehead atoms. The van der Waals surface area contributed by atoms with Crippen LogP contribution in [-0.2, 0) is 0 Å². The van der Waals surface area contributed by atoms with Crippen molar-refractivity contribution in [1.82, 2.24) is 14.9 Å². The Labute approximate surface area is 165 Å². The Morgan fingerprint density at radius 2 is 2.00 bits per heavy atom. The third-order valence-electron chi connectivity index (χ3n) is 4.93. The Hall–Kier alpha value is -2.70. The van der Waals surface area contributed by atoms with Crippen LogP contribution in [0.25, 0.3) is 0 Å². The molecule has 7 heteroatoms. The van der Waals surface area contributed by atoms with Crippen molar-refractivity contribution in [2.75, 3.05) is 24.5 Å². The summed E-state index contributed by atoms with van der Waals surface area (Å²) in [6, 6.07) is 4.01. The Morgan fingerprint density at radius 1 is 1.25 bits per heavy atom. The molecule has 1 fully saturated rings. The van der Waals surface area contributed by atoms with Crippen LogP contribution in [0.3, 0.4) is 0 Å². The van der Waals surface area contributed by atoms with Gasteiger partial charge in [0.1, 0.15) is 17.9 Å². The van der Waals surface area contributed by atoms with E-state index in [9.17, 15) is 9.18 Å². The fraction of sp³-hybridized carbons (Fsp3) is 0.476. The lowest BCUT2D eigenvalue weighted by molar-refractivity contribution is 0.0713. The standard InChI is InChI=1S/C21H27FN4O2/c1-4-26(15(2)3)21(27)17-12-16(22)8-9-18(17)28-19-13-23-14-24-20(19)25-10-6-5-7-11-25/h8-9,12-15H,4-7,10-11H2,1-3H3. The van der Waals surface area contributed by atoms with E-state index in [1.807, 2.05) is 20.8 Å². The molecule has 0 saturated carbocycles. The largest absolute Gasteiger partial charge is 0.451 e. The molecule has 1 aromatic carbocycles. The molecular formula is C21H27FN4O2. The monoisotopic (exact) mass is 386 g/mol. The maximum atomic E-state index is 13.9. The van der Waals surface area contributed by atoms with E-state index in [0.29, 0.717) is 23.9 Å². The minimum Gasteiger partial charge on any atom is -0.451 e. The van der Waals surface area contributed by atoms with Gasteiger partial charge in [-0.15, -0.1) is 0 Å². The Bertz CT molecular complexity index is 822. The third kappa shape index (κ3) is 4.40. The highest BCUT2D eigenvalue weighted by Gasteiger charge is 2.24. The fourth-order valence-electron chi connectivity index (χ4n) is 3.50. The first-order valence-corrected chi connectivity index (χ1v) is 9.84. The van der Waals surface area contributed by atoms with Crippen LogP contribution in [0.2, 0.25) is 0 Å². The van der Waals surface area contributed by atoms with Gasteiger partial charge in [0.25, 0.3) is 5.91 Å². The van der Waals surface area contributed by atoms with Gasteiger partial charge in [-0.3, -0.25) is 4.79 Å². The smallest absolute Gasteiger partial charge is 0.257 e. The fourth-order valence-corrected chi connectivity index (χ4v) is 3.50.